The standard InChI is InChI=1S/C28H39N3O4S/c1-20-11-14-24(15-12-20)18-30(23(4)28(33)29-25-9-7-6-8-10-25)27(32)19-31(36(5,34)35)26-16-13-21(2)22(3)17-26/h11-17,23,25H,6-10,18-19H2,1-5H3,(H,29,33). The van der Waals surface area contributed by atoms with Crippen LogP contribution in [0.5, 0.6) is 0 Å². The van der Waals surface area contributed by atoms with Crippen LogP contribution in [-0.2, 0) is 26.2 Å². The first-order valence-corrected chi connectivity index (χ1v) is 14.5. The van der Waals surface area contributed by atoms with Gasteiger partial charge in [-0.2, -0.15) is 0 Å². The molecule has 2 aromatic carbocycles. The normalized spacial score (nSPS) is 15.2. The van der Waals surface area contributed by atoms with Gasteiger partial charge in [0.05, 0.1) is 11.9 Å². The number of sulfonamides is 1. The third kappa shape index (κ3) is 7.32. The Bertz CT molecular complexity index is 1170. The molecule has 0 saturated heterocycles. The van der Waals surface area contributed by atoms with E-state index in [0.29, 0.717) is 5.69 Å². The smallest absolute Gasteiger partial charge is 0.244 e. The van der Waals surface area contributed by atoms with Crippen LogP contribution in [-0.4, -0.2) is 50.0 Å². The highest BCUT2D eigenvalue weighted by Crippen LogP contribution is 2.23. The van der Waals surface area contributed by atoms with Crippen molar-refractivity contribution in [1.29, 1.82) is 0 Å². The van der Waals surface area contributed by atoms with Gasteiger partial charge >= 0.3 is 0 Å². The Morgan fingerprint density at radius 1 is 0.972 bits per heavy atom. The zero-order valence-electron chi connectivity index (χ0n) is 22.1. The van der Waals surface area contributed by atoms with Crippen molar-refractivity contribution in [2.75, 3.05) is 17.1 Å². The van der Waals surface area contributed by atoms with E-state index in [9.17, 15) is 18.0 Å². The third-order valence-electron chi connectivity index (χ3n) is 7.05. The molecule has 0 radical (unpaired) electrons. The summed E-state index contributed by atoms with van der Waals surface area (Å²) in [5.74, 6) is -0.634. The third-order valence-corrected chi connectivity index (χ3v) is 8.19. The fourth-order valence-corrected chi connectivity index (χ4v) is 5.38. The van der Waals surface area contributed by atoms with Gasteiger partial charge in [-0.25, -0.2) is 8.42 Å². The quantitative estimate of drug-likeness (QED) is 0.543. The molecule has 36 heavy (non-hydrogen) atoms. The second kappa shape index (κ2) is 11.9. The highest BCUT2D eigenvalue weighted by Gasteiger charge is 2.31. The molecule has 1 aliphatic rings. The van der Waals surface area contributed by atoms with E-state index in [1.807, 2.05) is 51.1 Å². The van der Waals surface area contributed by atoms with E-state index in [0.717, 1.165) is 58.5 Å². The number of nitrogens with one attached hydrogen (secondary N) is 1. The van der Waals surface area contributed by atoms with Crippen LogP contribution in [0.3, 0.4) is 0 Å². The number of carbonyl (C=O) groups is 2. The summed E-state index contributed by atoms with van der Waals surface area (Å²) in [5.41, 5.74) is 4.38. The SMILES string of the molecule is Cc1ccc(CN(C(=O)CN(c2ccc(C)c(C)c2)S(C)(=O)=O)C(C)C(=O)NC2CCCCC2)cc1. The summed E-state index contributed by atoms with van der Waals surface area (Å²) in [5, 5.41) is 3.11. The number of hydrogen-bond donors (Lipinski definition) is 1. The molecular formula is C28H39N3O4S. The van der Waals surface area contributed by atoms with Crippen LogP contribution in [0.25, 0.3) is 0 Å². The molecule has 2 amide bonds. The van der Waals surface area contributed by atoms with Crippen molar-refractivity contribution in [2.24, 2.45) is 0 Å². The fourth-order valence-electron chi connectivity index (χ4n) is 4.54. The Kier molecular flexibility index (Phi) is 9.17. The molecule has 8 heteroatoms. The Balaban J connectivity index is 1.87. The average Bonchev–Trinajstić information content (AvgIpc) is 2.83. The first-order valence-electron chi connectivity index (χ1n) is 12.7. The number of nitrogens with zero attached hydrogens (tertiary/aromatic N) is 2. The summed E-state index contributed by atoms with van der Waals surface area (Å²) >= 11 is 0. The lowest BCUT2D eigenvalue weighted by atomic mass is 9.95. The predicted octanol–water partition coefficient (Wildman–Crippen LogP) is 4.24. The maximum atomic E-state index is 13.7. The van der Waals surface area contributed by atoms with E-state index in [-0.39, 0.29) is 25.0 Å². The summed E-state index contributed by atoms with van der Waals surface area (Å²) in [6.45, 7) is 7.39. The van der Waals surface area contributed by atoms with Gasteiger partial charge in [0.2, 0.25) is 21.8 Å². The van der Waals surface area contributed by atoms with Crippen LogP contribution in [0.15, 0.2) is 42.5 Å². The highest BCUT2D eigenvalue weighted by molar-refractivity contribution is 7.92. The number of aryl methyl sites for hydroxylation is 3. The van der Waals surface area contributed by atoms with Gasteiger partial charge in [-0.1, -0.05) is 55.2 Å². The summed E-state index contributed by atoms with van der Waals surface area (Å²) < 4.78 is 26.6. The van der Waals surface area contributed by atoms with Gasteiger partial charge in [-0.15, -0.1) is 0 Å². The molecule has 1 fully saturated rings. The van der Waals surface area contributed by atoms with Gasteiger partial charge in [0.25, 0.3) is 0 Å². The lowest BCUT2D eigenvalue weighted by Crippen LogP contribution is -2.53. The van der Waals surface area contributed by atoms with E-state index in [2.05, 4.69) is 5.32 Å². The van der Waals surface area contributed by atoms with E-state index in [1.165, 1.54) is 11.3 Å². The molecule has 3 rings (SSSR count). The molecule has 0 aliphatic heterocycles. The van der Waals surface area contributed by atoms with E-state index in [4.69, 9.17) is 0 Å². The minimum absolute atomic E-state index is 0.119. The Morgan fingerprint density at radius 2 is 1.61 bits per heavy atom. The molecular weight excluding hydrogens is 474 g/mol. The van der Waals surface area contributed by atoms with Gasteiger partial charge in [0, 0.05) is 12.6 Å². The van der Waals surface area contributed by atoms with Crippen molar-refractivity contribution < 1.29 is 18.0 Å². The number of anilines is 1. The summed E-state index contributed by atoms with van der Waals surface area (Å²) in [7, 11) is -3.74. The van der Waals surface area contributed by atoms with Crippen molar-refractivity contribution in [3.8, 4) is 0 Å². The molecule has 196 valence electrons. The monoisotopic (exact) mass is 513 g/mol. The van der Waals surface area contributed by atoms with Crippen molar-refractivity contribution >= 4 is 27.5 Å². The average molecular weight is 514 g/mol. The molecule has 1 unspecified atom stereocenters. The molecule has 1 N–H and O–H groups in total. The Labute approximate surface area is 215 Å². The van der Waals surface area contributed by atoms with Crippen LogP contribution in [0.4, 0.5) is 5.69 Å². The van der Waals surface area contributed by atoms with E-state index >= 15 is 0 Å². The summed E-state index contributed by atoms with van der Waals surface area (Å²) in [6.07, 6.45) is 6.34. The van der Waals surface area contributed by atoms with Crippen molar-refractivity contribution in [1.82, 2.24) is 10.2 Å². The lowest BCUT2D eigenvalue weighted by molar-refractivity contribution is -0.139. The molecule has 0 aromatic heterocycles. The molecule has 7 nitrogen and oxygen atoms in total. The van der Waals surface area contributed by atoms with Crippen LogP contribution in [0.2, 0.25) is 0 Å². The van der Waals surface area contributed by atoms with Gasteiger partial charge in [-0.05, 0) is 69.4 Å². The Morgan fingerprint density at radius 3 is 2.19 bits per heavy atom. The Hall–Kier alpha value is -2.87. The maximum absolute atomic E-state index is 13.7. The van der Waals surface area contributed by atoms with E-state index in [1.54, 1.807) is 19.1 Å². The van der Waals surface area contributed by atoms with Crippen LogP contribution >= 0.6 is 0 Å². The van der Waals surface area contributed by atoms with Crippen molar-refractivity contribution in [2.45, 2.75) is 78.4 Å². The fraction of sp³-hybridized carbons (Fsp3) is 0.500. The van der Waals surface area contributed by atoms with Crippen molar-refractivity contribution in [3.63, 3.8) is 0 Å². The largest absolute Gasteiger partial charge is 0.352 e. The topological polar surface area (TPSA) is 86.8 Å². The number of rotatable bonds is 9. The van der Waals surface area contributed by atoms with Crippen LogP contribution < -0.4 is 9.62 Å². The first-order chi connectivity index (χ1) is 17.0. The minimum Gasteiger partial charge on any atom is -0.352 e. The second-order valence-electron chi connectivity index (χ2n) is 10.1. The molecule has 0 spiro atoms. The highest BCUT2D eigenvalue weighted by atomic mass is 32.2. The number of carbonyl (C=O) groups excluding carboxylic acids is 2. The van der Waals surface area contributed by atoms with Gasteiger partial charge in [0.1, 0.15) is 12.6 Å². The van der Waals surface area contributed by atoms with E-state index < -0.39 is 22.0 Å². The van der Waals surface area contributed by atoms with Crippen molar-refractivity contribution in [3.05, 3.63) is 64.7 Å². The number of amides is 2. The van der Waals surface area contributed by atoms with Gasteiger partial charge in [0.15, 0.2) is 0 Å². The maximum Gasteiger partial charge on any atom is 0.244 e. The summed E-state index contributed by atoms with van der Waals surface area (Å²) in [4.78, 5) is 28.4. The number of hydrogen-bond acceptors (Lipinski definition) is 4. The molecule has 0 heterocycles. The zero-order chi connectivity index (χ0) is 26.5. The zero-order valence-corrected chi connectivity index (χ0v) is 22.9. The first kappa shape index (κ1) is 27.7. The lowest BCUT2D eigenvalue weighted by Gasteiger charge is -2.33. The molecule has 2 aromatic rings. The molecule has 1 atom stereocenters. The van der Waals surface area contributed by atoms with Crippen LogP contribution in [0, 0.1) is 20.8 Å². The number of benzene rings is 2. The molecule has 1 aliphatic carbocycles. The van der Waals surface area contributed by atoms with Crippen LogP contribution in [0.1, 0.15) is 61.3 Å². The van der Waals surface area contributed by atoms with Gasteiger partial charge in [-0.3, -0.25) is 13.9 Å². The predicted molar refractivity (Wildman–Crippen MR) is 144 cm³/mol. The summed E-state index contributed by atoms with van der Waals surface area (Å²) in [6, 6.07) is 12.5. The van der Waals surface area contributed by atoms with Gasteiger partial charge < -0.3 is 10.2 Å². The second-order valence-corrected chi connectivity index (χ2v) is 12.0. The molecule has 0 bridgehead atoms. The minimum atomic E-state index is -3.74. The molecule has 1 saturated carbocycles.